The van der Waals surface area contributed by atoms with Crippen molar-refractivity contribution in [1.82, 2.24) is 25.4 Å². The van der Waals surface area contributed by atoms with Gasteiger partial charge in [0, 0.05) is 67.3 Å². The normalized spacial score (nSPS) is 18.2. The first-order valence-electron chi connectivity index (χ1n) is 13.9. The van der Waals surface area contributed by atoms with Gasteiger partial charge in [0.05, 0.1) is 11.2 Å². The third-order valence-electron chi connectivity index (χ3n) is 8.39. The van der Waals surface area contributed by atoms with Crippen LogP contribution in [0.1, 0.15) is 36.8 Å². The van der Waals surface area contributed by atoms with Crippen LogP contribution in [0.2, 0.25) is 0 Å². The Kier molecular flexibility index (Phi) is 7.35. The van der Waals surface area contributed by atoms with Crippen molar-refractivity contribution in [1.29, 1.82) is 0 Å². The summed E-state index contributed by atoms with van der Waals surface area (Å²) in [6.07, 6.45) is 8.13. The van der Waals surface area contributed by atoms with E-state index in [1.165, 1.54) is 5.56 Å². The summed E-state index contributed by atoms with van der Waals surface area (Å²) in [5, 5.41) is 12.6. The molecule has 0 aliphatic carbocycles. The molecule has 202 valence electrons. The van der Waals surface area contributed by atoms with Crippen molar-refractivity contribution < 1.29 is 9.47 Å². The molecule has 2 aromatic carbocycles. The maximum Gasteiger partial charge on any atom is 0.119 e. The number of piperidine rings is 1. The summed E-state index contributed by atoms with van der Waals surface area (Å²) in [5.41, 5.74) is 6.28. The largest absolute Gasteiger partial charge is 0.490 e. The van der Waals surface area contributed by atoms with Gasteiger partial charge in [0.15, 0.2) is 0 Å². The lowest BCUT2D eigenvalue weighted by atomic mass is 9.74. The van der Waals surface area contributed by atoms with E-state index in [1.54, 1.807) is 0 Å². The Bertz CT molecular complexity index is 1400. The summed E-state index contributed by atoms with van der Waals surface area (Å²) in [6.45, 7) is 8.90. The average molecular weight is 524 g/mol. The van der Waals surface area contributed by atoms with Gasteiger partial charge in [0.1, 0.15) is 11.9 Å². The molecule has 0 spiro atoms. The van der Waals surface area contributed by atoms with Crippen LogP contribution in [-0.4, -0.2) is 66.1 Å². The molecular formula is C32H37N5O2. The third-order valence-corrected chi connectivity index (χ3v) is 8.39. The molecule has 4 aromatic rings. The maximum absolute atomic E-state index is 6.24. The van der Waals surface area contributed by atoms with Crippen LogP contribution in [0.3, 0.4) is 0 Å². The quantitative estimate of drug-likeness (QED) is 0.322. The van der Waals surface area contributed by atoms with Gasteiger partial charge in [-0.3, -0.25) is 10.1 Å². The van der Waals surface area contributed by atoms with Crippen LogP contribution in [0.5, 0.6) is 5.75 Å². The van der Waals surface area contributed by atoms with E-state index in [0.717, 1.165) is 97.7 Å². The number of nitrogens with zero attached hydrogens (tertiary/aromatic N) is 3. The zero-order valence-corrected chi connectivity index (χ0v) is 22.7. The summed E-state index contributed by atoms with van der Waals surface area (Å²) in [7, 11) is 2.17. The maximum atomic E-state index is 6.24. The van der Waals surface area contributed by atoms with Gasteiger partial charge < -0.3 is 19.7 Å². The second-order valence-corrected chi connectivity index (χ2v) is 10.9. The number of fused-ring (bicyclic) bond motifs is 1. The fraction of sp³-hybridized carbons (Fsp3) is 0.375. The minimum atomic E-state index is 0.00635. The lowest BCUT2D eigenvalue weighted by Gasteiger charge is -2.38. The molecule has 0 atom stereocenters. The second-order valence-electron chi connectivity index (χ2n) is 10.9. The first-order valence-corrected chi connectivity index (χ1v) is 13.9. The Labute approximate surface area is 230 Å². The summed E-state index contributed by atoms with van der Waals surface area (Å²) < 4.78 is 11.9. The van der Waals surface area contributed by atoms with Crippen molar-refractivity contribution in [3.63, 3.8) is 0 Å². The summed E-state index contributed by atoms with van der Waals surface area (Å²) in [4.78, 5) is 6.57. The van der Waals surface area contributed by atoms with Gasteiger partial charge in [-0.25, -0.2) is 0 Å². The fourth-order valence-corrected chi connectivity index (χ4v) is 5.82. The molecule has 0 unspecified atom stereocenters. The zero-order chi connectivity index (χ0) is 26.7. The van der Waals surface area contributed by atoms with E-state index in [0.29, 0.717) is 0 Å². The molecule has 0 radical (unpaired) electrons. The Morgan fingerprint density at radius 3 is 2.56 bits per heavy atom. The van der Waals surface area contributed by atoms with Gasteiger partial charge in [0.25, 0.3) is 0 Å². The monoisotopic (exact) mass is 523 g/mol. The highest BCUT2D eigenvalue weighted by molar-refractivity contribution is 5.94. The van der Waals surface area contributed by atoms with Gasteiger partial charge in [-0.05, 0) is 92.4 Å². The SMILES string of the molecule is C=C(NCC1(c2ccncc2)CCOCC1)c1ccc2[nH]nc(-c3ccc(OC4CCN(C)CC4)cc3)c2c1. The number of hydrogen-bond acceptors (Lipinski definition) is 6. The van der Waals surface area contributed by atoms with Crippen LogP contribution in [0.15, 0.2) is 73.6 Å². The Hall–Kier alpha value is -3.68. The molecule has 2 aromatic heterocycles. The average Bonchev–Trinajstić information content (AvgIpc) is 3.42. The number of nitrogens with one attached hydrogen (secondary N) is 2. The van der Waals surface area contributed by atoms with E-state index in [4.69, 9.17) is 9.47 Å². The Balaban J connectivity index is 1.17. The summed E-state index contributed by atoms with van der Waals surface area (Å²) >= 11 is 0. The standard InChI is InChI=1S/C32H37N5O2/c1-23(34-22-32(13-19-38-20-14-32)26-9-15-33-16-10-26)25-5-8-30-29(21-25)31(36-35-30)24-3-6-27(7-4-24)39-28-11-17-37(2)18-12-28/h3-10,15-16,21,28,34H,1,11-14,17-20,22H2,2H3,(H,35,36). The molecule has 7 heteroatoms. The first-order chi connectivity index (χ1) is 19.1. The van der Waals surface area contributed by atoms with Crippen LogP contribution in [0.4, 0.5) is 0 Å². The number of hydrogen-bond donors (Lipinski definition) is 2. The first kappa shape index (κ1) is 25.6. The molecule has 39 heavy (non-hydrogen) atoms. The smallest absolute Gasteiger partial charge is 0.119 e. The molecule has 0 amide bonds. The minimum Gasteiger partial charge on any atom is -0.490 e. The van der Waals surface area contributed by atoms with Crippen LogP contribution >= 0.6 is 0 Å². The molecule has 2 aliphatic heterocycles. The van der Waals surface area contributed by atoms with E-state index >= 15 is 0 Å². The molecule has 7 nitrogen and oxygen atoms in total. The van der Waals surface area contributed by atoms with Crippen molar-refractivity contribution >= 4 is 16.6 Å². The summed E-state index contributed by atoms with van der Waals surface area (Å²) in [5.74, 6) is 0.919. The lowest BCUT2D eigenvalue weighted by Crippen LogP contribution is -2.42. The number of aromatic amines is 1. The molecule has 2 saturated heterocycles. The Morgan fingerprint density at radius 2 is 1.82 bits per heavy atom. The molecular weight excluding hydrogens is 486 g/mol. The van der Waals surface area contributed by atoms with Gasteiger partial charge >= 0.3 is 0 Å². The van der Waals surface area contributed by atoms with Gasteiger partial charge in [0.2, 0.25) is 0 Å². The molecule has 6 rings (SSSR count). The zero-order valence-electron chi connectivity index (χ0n) is 22.7. The van der Waals surface area contributed by atoms with E-state index in [2.05, 4.69) is 93.6 Å². The van der Waals surface area contributed by atoms with Crippen molar-refractivity contribution in [2.75, 3.05) is 39.9 Å². The van der Waals surface area contributed by atoms with Crippen molar-refractivity contribution in [3.05, 3.63) is 84.7 Å². The predicted molar refractivity (Wildman–Crippen MR) is 156 cm³/mol. The summed E-state index contributed by atoms with van der Waals surface area (Å²) in [6, 6.07) is 18.9. The number of rotatable bonds is 8. The van der Waals surface area contributed by atoms with Crippen molar-refractivity contribution in [2.24, 2.45) is 0 Å². The van der Waals surface area contributed by atoms with E-state index in [1.807, 2.05) is 12.4 Å². The van der Waals surface area contributed by atoms with E-state index < -0.39 is 0 Å². The van der Waals surface area contributed by atoms with Gasteiger partial charge in [-0.1, -0.05) is 12.6 Å². The van der Waals surface area contributed by atoms with Crippen LogP contribution in [0, 0.1) is 0 Å². The van der Waals surface area contributed by atoms with Crippen LogP contribution in [-0.2, 0) is 10.2 Å². The highest BCUT2D eigenvalue weighted by Crippen LogP contribution is 2.35. The minimum absolute atomic E-state index is 0.00635. The van der Waals surface area contributed by atoms with Gasteiger partial charge in [-0.15, -0.1) is 0 Å². The molecule has 4 heterocycles. The number of aromatic nitrogens is 3. The predicted octanol–water partition coefficient (Wildman–Crippen LogP) is 5.41. The third kappa shape index (κ3) is 5.56. The molecule has 0 saturated carbocycles. The highest BCUT2D eigenvalue weighted by atomic mass is 16.5. The number of H-pyrrole nitrogens is 1. The molecule has 2 fully saturated rings. The number of benzene rings is 2. The lowest BCUT2D eigenvalue weighted by molar-refractivity contribution is 0.0512. The van der Waals surface area contributed by atoms with E-state index in [9.17, 15) is 0 Å². The van der Waals surface area contributed by atoms with Crippen molar-refractivity contribution in [2.45, 2.75) is 37.2 Å². The number of likely N-dealkylation sites (tertiary alicyclic amines) is 1. The number of ether oxygens (including phenoxy) is 2. The topological polar surface area (TPSA) is 75.3 Å². The molecule has 2 aliphatic rings. The number of pyridine rings is 1. The van der Waals surface area contributed by atoms with Crippen LogP contribution < -0.4 is 10.1 Å². The van der Waals surface area contributed by atoms with E-state index in [-0.39, 0.29) is 11.5 Å². The fourth-order valence-electron chi connectivity index (χ4n) is 5.82. The Morgan fingerprint density at radius 1 is 1.08 bits per heavy atom. The van der Waals surface area contributed by atoms with Crippen molar-refractivity contribution in [3.8, 4) is 17.0 Å². The second kappa shape index (κ2) is 11.2. The van der Waals surface area contributed by atoms with Gasteiger partial charge in [-0.2, -0.15) is 5.10 Å². The van der Waals surface area contributed by atoms with Crippen LogP contribution in [0.25, 0.3) is 27.9 Å². The molecule has 0 bridgehead atoms. The molecule has 2 N–H and O–H groups in total. The highest BCUT2D eigenvalue weighted by Gasteiger charge is 2.34.